The molecule has 0 aliphatic carbocycles. The maximum Gasteiger partial charge on any atom is 0.361 e. The fourth-order valence-corrected chi connectivity index (χ4v) is 2.54. The number of fused-ring (bicyclic) bond motifs is 1. The minimum absolute atomic E-state index is 0.209. The second-order valence-electron chi connectivity index (χ2n) is 5.57. The van der Waals surface area contributed by atoms with Crippen molar-refractivity contribution in [3.8, 4) is 17.0 Å². The number of H-pyrrole nitrogens is 1. The van der Waals surface area contributed by atoms with E-state index in [1.165, 1.54) is 12.1 Å². The number of aryl methyl sites for hydroxylation is 1. The molecule has 0 bridgehead atoms. The van der Waals surface area contributed by atoms with Gasteiger partial charge in [0.1, 0.15) is 17.3 Å². The second kappa shape index (κ2) is 5.86. The molecule has 0 aliphatic heterocycles. The van der Waals surface area contributed by atoms with Crippen LogP contribution in [0.1, 0.15) is 10.5 Å². The Bertz CT molecular complexity index is 1070. The Morgan fingerprint density at radius 2 is 1.96 bits per heavy atom. The first-order valence-electron chi connectivity index (χ1n) is 7.55. The van der Waals surface area contributed by atoms with Crippen LogP contribution in [0.2, 0.25) is 0 Å². The van der Waals surface area contributed by atoms with Crippen LogP contribution in [-0.2, 0) is 7.05 Å². The molecule has 0 amide bonds. The molecule has 7 heteroatoms. The highest BCUT2D eigenvalue weighted by Crippen LogP contribution is 2.22. The summed E-state index contributed by atoms with van der Waals surface area (Å²) in [5.74, 6) is -0.492. The smallest absolute Gasteiger partial charge is 0.361 e. The number of carbonyl (C=O) groups is 1. The Labute approximate surface area is 141 Å². The van der Waals surface area contributed by atoms with Crippen LogP contribution in [0.5, 0.6) is 5.75 Å². The predicted octanol–water partition coefficient (Wildman–Crippen LogP) is 3.32. The van der Waals surface area contributed by atoms with E-state index in [2.05, 4.69) is 15.2 Å². The average molecular weight is 336 g/mol. The number of nitrogens with zero attached hydrogens (tertiary/aromatic N) is 3. The number of carbonyl (C=O) groups excluding carboxylic acids is 1. The van der Waals surface area contributed by atoms with Crippen molar-refractivity contribution in [1.29, 1.82) is 0 Å². The van der Waals surface area contributed by atoms with Crippen LogP contribution < -0.4 is 4.74 Å². The highest BCUT2D eigenvalue weighted by molar-refractivity contribution is 5.91. The number of nitrogens with one attached hydrogen (secondary N) is 1. The van der Waals surface area contributed by atoms with Crippen molar-refractivity contribution in [2.45, 2.75) is 0 Å². The van der Waals surface area contributed by atoms with Crippen LogP contribution in [0.4, 0.5) is 4.39 Å². The first kappa shape index (κ1) is 15.1. The molecule has 0 radical (unpaired) electrons. The number of imidazole rings is 1. The van der Waals surface area contributed by atoms with Gasteiger partial charge in [-0.25, -0.2) is 14.2 Å². The third-order valence-corrected chi connectivity index (χ3v) is 3.85. The third kappa shape index (κ3) is 2.87. The number of benzene rings is 2. The molecule has 0 fully saturated rings. The second-order valence-corrected chi connectivity index (χ2v) is 5.57. The molecule has 1 N–H and O–H groups in total. The number of aromatic nitrogens is 4. The summed E-state index contributed by atoms with van der Waals surface area (Å²) in [4.78, 5) is 16.5. The Hall–Kier alpha value is -3.48. The summed E-state index contributed by atoms with van der Waals surface area (Å²) < 4.78 is 20.2. The monoisotopic (exact) mass is 336 g/mol. The van der Waals surface area contributed by atoms with Crippen LogP contribution in [0, 0.1) is 5.82 Å². The summed E-state index contributed by atoms with van der Waals surface area (Å²) in [5, 5.41) is 6.71. The number of ether oxygens (including phenoxy) is 1. The third-order valence-electron chi connectivity index (χ3n) is 3.85. The van der Waals surface area contributed by atoms with Gasteiger partial charge in [0.25, 0.3) is 0 Å². The van der Waals surface area contributed by atoms with Crippen molar-refractivity contribution in [2.75, 3.05) is 0 Å². The average Bonchev–Trinajstić information content (AvgIpc) is 3.23. The highest BCUT2D eigenvalue weighted by atomic mass is 19.1. The minimum atomic E-state index is -0.559. The number of esters is 1. The molecular formula is C18H13FN4O2. The molecule has 0 saturated heterocycles. The summed E-state index contributed by atoms with van der Waals surface area (Å²) in [5.41, 5.74) is 3.13. The first-order chi connectivity index (χ1) is 12.1. The van der Waals surface area contributed by atoms with Crippen molar-refractivity contribution in [1.82, 2.24) is 19.7 Å². The van der Waals surface area contributed by atoms with Crippen molar-refractivity contribution >= 4 is 17.0 Å². The number of halogens is 1. The molecule has 0 spiro atoms. The molecule has 0 atom stereocenters. The zero-order valence-corrected chi connectivity index (χ0v) is 13.2. The number of hydrogen-bond acceptors (Lipinski definition) is 4. The van der Waals surface area contributed by atoms with Gasteiger partial charge in [0.05, 0.1) is 23.1 Å². The van der Waals surface area contributed by atoms with Gasteiger partial charge in [-0.2, -0.15) is 5.10 Å². The maximum absolute atomic E-state index is 13.0. The van der Waals surface area contributed by atoms with Crippen LogP contribution in [0.15, 0.2) is 54.9 Å². The van der Waals surface area contributed by atoms with E-state index in [4.69, 9.17) is 4.74 Å². The maximum atomic E-state index is 13.0. The van der Waals surface area contributed by atoms with Crippen LogP contribution >= 0.6 is 0 Å². The van der Waals surface area contributed by atoms with Gasteiger partial charge in [-0.3, -0.25) is 5.10 Å². The Morgan fingerprint density at radius 3 is 2.76 bits per heavy atom. The molecule has 2 heterocycles. The van der Waals surface area contributed by atoms with E-state index in [1.807, 2.05) is 17.7 Å². The van der Waals surface area contributed by atoms with Crippen molar-refractivity contribution in [3.05, 3.63) is 66.4 Å². The van der Waals surface area contributed by atoms with E-state index >= 15 is 0 Å². The number of hydrogen-bond donors (Lipinski definition) is 1. The molecule has 4 aromatic rings. The van der Waals surface area contributed by atoms with E-state index in [1.54, 1.807) is 36.7 Å². The molecule has 25 heavy (non-hydrogen) atoms. The largest absolute Gasteiger partial charge is 0.422 e. The lowest BCUT2D eigenvalue weighted by Crippen LogP contribution is -2.08. The molecule has 4 rings (SSSR count). The van der Waals surface area contributed by atoms with Gasteiger partial charge < -0.3 is 9.30 Å². The molecule has 0 unspecified atom stereocenters. The quantitative estimate of drug-likeness (QED) is 0.460. The lowest BCUT2D eigenvalue weighted by atomic mass is 10.1. The molecule has 124 valence electrons. The summed E-state index contributed by atoms with van der Waals surface area (Å²) in [6.07, 6.45) is 1.69. The topological polar surface area (TPSA) is 72.8 Å². The van der Waals surface area contributed by atoms with Gasteiger partial charge in [-0.1, -0.05) is 0 Å². The van der Waals surface area contributed by atoms with E-state index in [9.17, 15) is 9.18 Å². The van der Waals surface area contributed by atoms with Gasteiger partial charge in [0, 0.05) is 18.7 Å². The standard InChI is InChI=1S/C18H13FN4O2/c1-23-10-20-15-8-13(6-7-17(15)23)25-18(24)16-9-14(21-22-16)11-2-4-12(19)5-3-11/h2-10H,1H3,(H,21,22). The number of aromatic amines is 1. The number of rotatable bonds is 3. The Balaban J connectivity index is 1.55. The molecule has 0 aliphatic rings. The van der Waals surface area contributed by atoms with E-state index in [0.29, 0.717) is 17.0 Å². The molecule has 0 saturated carbocycles. The lowest BCUT2D eigenvalue weighted by molar-refractivity contribution is 0.0729. The summed E-state index contributed by atoms with van der Waals surface area (Å²) in [6, 6.07) is 12.7. The van der Waals surface area contributed by atoms with Crippen molar-refractivity contribution in [2.24, 2.45) is 7.05 Å². The van der Waals surface area contributed by atoms with Gasteiger partial charge in [-0.15, -0.1) is 0 Å². The van der Waals surface area contributed by atoms with Crippen LogP contribution in [0.3, 0.4) is 0 Å². The summed E-state index contributed by atoms with van der Waals surface area (Å²) in [6.45, 7) is 0. The Morgan fingerprint density at radius 1 is 1.16 bits per heavy atom. The normalized spacial score (nSPS) is 11.0. The fourth-order valence-electron chi connectivity index (χ4n) is 2.54. The molecule has 2 aromatic carbocycles. The fraction of sp³-hybridized carbons (Fsp3) is 0.0556. The Kier molecular flexibility index (Phi) is 3.53. The van der Waals surface area contributed by atoms with Gasteiger partial charge in [-0.05, 0) is 42.5 Å². The SMILES string of the molecule is Cn1cnc2cc(OC(=O)c3cc(-c4ccc(F)cc4)n[nH]3)ccc21. The highest BCUT2D eigenvalue weighted by Gasteiger charge is 2.14. The summed E-state index contributed by atoms with van der Waals surface area (Å²) in [7, 11) is 1.89. The van der Waals surface area contributed by atoms with E-state index in [-0.39, 0.29) is 11.5 Å². The van der Waals surface area contributed by atoms with Gasteiger partial charge in [0.15, 0.2) is 0 Å². The van der Waals surface area contributed by atoms with Crippen molar-refractivity contribution < 1.29 is 13.9 Å². The first-order valence-corrected chi connectivity index (χ1v) is 7.55. The lowest BCUT2D eigenvalue weighted by Gasteiger charge is -2.02. The summed E-state index contributed by atoms with van der Waals surface area (Å²) >= 11 is 0. The van der Waals surface area contributed by atoms with Gasteiger partial charge in [0.2, 0.25) is 0 Å². The minimum Gasteiger partial charge on any atom is -0.422 e. The zero-order valence-electron chi connectivity index (χ0n) is 13.2. The van der Waals surface area contributed by atoms with Crippen molar-refractivity contribution in [3.63, 3.8) is 0 Å². The van der Waals surface area contributed by atoms with E-state index < -0.39 is 5.97 Å². The van der Waals surface area contributed by atoms with E-state index in [0.717, 1.165) is 11.0 Å². The molecule has 6 nitrogen and oxygen atoms in total. The predicted molar refractivity (Wildman–Crippen MR) is 89.7 cm³/mol. The molecule has 2 aromatic heterocycles. The van der Waals surface area contributed by atoms with Crippen LogP contribution in [-0.4, -0.2) is 25.7 Å². The van der Waals surface area contributed by atoms with Gasteiger partial charge >= 0.3 is 5.97 Å². The molecular weight excluding hydrogens is 323 g/mol. The van der Waals surface area contributed by atoms with Crippen LogP contribution in [0.25, 0.3) is 22.3 Å². The zero-order chi connectivity index (χ0) is 17.4.